The minimum Gasteiger partial charge on any atom is -0.350 e. The second-order valence-corrected chi connectivity index (χ2v) is 4.68. The fraction of sp³-hybridized carbons (Fsp3) is 0.267. The van der Waals surface area contributed by atoms with Gasteiger partial charge >= 0.3 is 0 Å². The third-order valence-corrected chi connectivity index (χ3v) is 2.82. The highest BCUT2D eigenvalue weighted by Gasteiger charge is 2.01. The zero-order valence-electron chi connectivity index (χ0n) is 10.5. The van der Waals surface area contributed by atoms with Crippen molar-refractivity contribution in [3.63, 3.8) is 0 Å². The third kappa shape index (κ3) is 3.22. The highest BCUT2D eigenvalue weighted by atomic mass is 14.9. The summed E-state index contributed by atoms with van der Waals surface area (Å²) in [6.07, 6.45) is 5.10. The zero-order chi connectivity index (χ0) is 13.0. The second-order valence-electron chi connectivity index (χ2n) is 4.68. The highest BCUT2D eigenvalue weighted by molar-refractivity contribution is 5.31. The van der Waals surface area contributed by atoms with Gasteiger partial charge in [-0.3, -0.25) is 0 Å². The number of nitriles is 1. The van der Waals surface area contributed by atoms with Gasteiger partial charge in [-0.1, -0.05) is 12.1 Å². The fourth-order valence-electron chi connectivity index (χ4n) is 1.98. The van der Waals surface area contributed by atoms with E-state index in [1.165, 1.54) is 11.1 Å². The van der Waals surface area contributed by atoms with Crippen LogP contribution in [-0.4, -0.2) is 10.6 Å². The van der Waals surface area contributed by atoms with Crippen LogP contribution in [-0.2, 0) is 13.0 Å². The van der Waals surface area contributed by atoms with Gasteiger partial charge in [-0.25, -0.2) is 0 Å². The molecule has 0 saturated carbocycles. The fourth-order valence-corrected chi connectivity index (χ4v) is 1.98. The quantitative estimate of drug-likeness (QED) is 0.890. The van der Waals surface area contributed by atoms with Gasteiger partial charge < -0.3 is 10.3 Å². The molecule has 0 spiro atoms. The van der Waals surface area contributed by atoms with Crippen molar-refractivity contribution in [1.29, 1.82) is 5.26 Å². The molecular formula is C15H17N3. The lowest BCUT2D eigenvalue weighted by molar-refractivity contribution is 0.732. The van der Waals surface area contributed by atoms with Gasteiger partial charge in [0.15, 0.2) is 0 Å². The van der Waals surface area contributed by atoms with Crippen molar-refractivity contribution in [3.8, 4) is 6.07 Å². The second kappa shape index (κ2) is 5.52. The summed E-state index contributed by atoms with van der Waals surface area (Å²) in [6, 6.07) is 12.1. The molecule has 1 heterocycles. The molecule has 0 amide bonds. The monoisotopic (exact) mass is 239 g/mol. The number of hydrogen-bond acceptors (Lipinski definition) is 2. The molecular weight excluding hydrogens is 222 g/mol. The molecule has 1 unspecified atom stereocenters. The smallest absolute Gasteiger partial charge is 0.0991 e. The molecule has 2 rings (SSSR count). The Labute approximate surface area is 107 Å². The van der Waals surface area contributed by atoms with Crippen molar-refractivity contribution in [3.05, 3.63) is 59.4 Å². The van der Waals surface area contributed by atoms with Gasteiger partial charge in [-0.05, 0) is 42.7 Å². The van der Waals surface area contributed by atoms with Crippen LogP contribution in [0.25, 0.3) is 0 Å². The Hall–Kier alpha value is -2.05. The summed E-state index contributed by atoms with van der Waals surface area (Å²) >= 11 is 0. The van der Waals surface area contributed by atoms with Gasteiger partial charge in [0.1, 0.15) is 0 Å². The van der Waals surface area contributed by atoms with Crippen LogP contribution in [0.3, 0.4) is 0 Å². The van der Waals surface area contributed by atoms with Crippen molar-refractivity contribution >= 4 is 0 Å². The van der Waals surface area contributed by atoms with E-state index >= 15 is 0 Å². The van der Waals surface area contributed by atoms with Crippen molar-refractivity contribution in [1.82, 2.24) is 4.57 Å². The lowest BCUT2D eigenvalue weighted by atomic mass is 10.1. The maximum Gasteiger partial charge on any atom is 0.0991 e. The molecule has 3 heteroatoms. The average Bonchev–Trinajstić information content (AvgIpc) is 2.76. The topological polar surface area (TPSA) is 54.7 Å². The van der Waals surface area contributed by atoms with Crippen LogP contribution in [0.1, 0.15) is 23.6 Å². The van der Waals surface area contributed by atoms with E-state index < -0.39 is 0 Å². The van der Waals surface area contributed by atoms with E-state index in [0.717, 1.165) is 13.0 Å². The maximum absolute atomic E-state index is 8.74. The van der Waals surface area contributed by atoms with Crippen LogP contribution in [0.5, 0.6) is 0 Å². The van der Waals surface area contributed by atoms with Crippen LogP contribution in [0.15, 0.2) is 42.7 Å². The van der Waals surface area contributed by atoms with E-state index in [1.807, 2.05) is 31.2 Å². The molecule has 0 aliphatic heterocycles. The van der Waals surface area contributed by atoms with Gasteiger partial charge in [-0.2, -0.15) is 5.26 Å². The number of benzene rings is 1. The first-order valence-corrected chi connectivity index (χ1v) is 6.06. The summed E-state index contributed by atoms with van der Waals surface area (Å²) in [5.41, 5.74) is 8.93. The molecule has 0 aliphatic rings. The summed E-state index contributed by atoms with van der Waals surface area (Å²) in [6.45, 7) is 2.84. The number of rotatable bonds is 4. The van der Waals surface area contributed by atoms with Crippen molar-refractivity contribution in [2.24, 2.45) is 5.73 Å². The predicted molar refractivity (Wildman–Crippen MR) is 72.0 cm³/mol. The van der Waals surface area contributed by atoms with Gasteiger partial charge in [-0.15, -0.1) is 0 Å². The van der Waals surface area contributed by atoms with Crippen molar-refractivity contribution in [2.45, 2.75) is 25.9 Å². The molecule has 0 bridgehead atoms. The Morgan fingerprint density at radius 1 is 1.22 bits per heavy atom. The Bertz CT molecular complexity index is 544. The summed E-state index contributed by atoms with van der Waals surface area (Å²) < 4.78 is 2.14. The summed E-state index contributed by atoms with van der Waals surface area (Å²) in [5.74, 6) is 0. The van der Waals surface area contributed by atoms with E-state index in [-0.39, 0.29) is 6.04 Å². The Kier molecular flexibility index (Phi) is 3.81. The standard InChI is InChI=1S/C15H17N3/c1-12(17)8-15-6-7-18(11-15)10-14-4-2-13(9-16)3-5-14/h2-7,11-12H,8,10,17H2,1H3. The lowest BCUT2D eigenvalue weighted by Crippen LogP contribution is -2.17. The van der Waals surface area contributed by atoms with Crippen LogP contribution in [0.4, 0.5) is 0 Å². The number of hydrogen-bond donors (Lipinski definition) is 1. The summed E-state index contributed by atoms with van der Waals surface area (Å²) in [4.78, 5) is 0. The molecule has 1 aromatic carbocycles. The number of nitrogens with two attached hydrogens (primary N) is 1. The van der Waals surface area contributed by atoms with Gasteiger partial charge in [0.05, 0.1) is 11.6 Å². The van der Waals surface area contributed by atoms with Crippen LogP contribution in [0.2, 0.25) is 0 Å². The SMILES string of the molecule is CC(N)Cc1ccn(Cc2ccc(C#N)cc2)c1. The normalized spacial score (nSPS) is 12.1. The molecule has 2 N–H and O–H groups in total. The predicted octanol–water partition coefficient (Wildman–Crippen LogP) is 2.30. The summed E-state index contributed by atoms with van der Waals surface area (Å²) in [7, 11) is 0. The molecule has 18 heavy (non-hydrogen) atoms. The van der Waals surface area contributed by atoms with Gasteiger partial charge in [0.25, 0.3) is 0 Å². The molecule has 1 aromatic heterocycles. The Morgan fingerprint density at radius 2 is 1.94 bits per heavy atom. The first-order valence-electron chi connectivity index (χ1n) is 6.06. The third-order valence-electron chi connectivity index (χ3n) is 2.82. The minimum atomic E-state index is 0.191. The van der Waals surface area contributed by atoms with Gasteiger partial charge in [0.2, 0.25) is 0 Å². The first-order chi connectivity index (χ1) is 8.67. The molecule has 2 aromatic rings. The van der Waals surface area contributed by atoms with E-state index in [1.54, 1.807) is 0 Å². The van der Waals surface area contributed by atoms with Crippen LogP contribution in [0, 0.1) is 11.3 Å². The molecule has 0 saturated heterocycles. The zero-order valence-corrected chi connectivity index (χ0v) is 10.5. The summed E-state index contributed by atoms with van der Waals surface area (Å²) in [5, 5.41) is 8.74. The molecule has 0 aliphatic carbocycles. The van der Waals surface area contributed by atoms with Crippen molar-refractivity contribution < 1.29 is 0 Å². The Balaban J connectivity index is 2.04. The van der Waals surface area contributed by atoms with Crippen LogP contribution < -0.4 is 5.73 Å². The average molecular weight is 239 g/mol. The molecule has 0 fully saturated rings. The molecule has 1 atom stereocenters. The number of aromatic nitrogens is 1. The highest BCUT2D eigenvalue weighted by Crippen LogP contribution is 2.09. The molecule has 3 nitrogen and oxygen atoms in total. The van der Waals surface area contributed by atoms with Crippen LogP contribution >= 0.6 is 0 Å². The van der Waals surface area contributed by atoms with E-state index in [2.05, 4.69) is 29.1 Å². The first kappa shape index (κ1) is 12.4. The Morgan fingerprint density at radius 3 is 2.56 bits per heavy atom. The largest absolute Gasteiger partial charge is 0.350 e. The van der Waals surface area contributed by atoms with E-state index in [4.69, 9.17) is 11.0 Å². The van der Waals surface area contributed by atoms with Gasteiger partial charge in [0, 0.05) is 25.0 Å². The number of nitrogens with zero attached hydrogens (tertiary/aromatic N) is 2. The van der Waals surface area contributed by atoms with Crippen molar-refractivity contribution in [2.75, 3.05) is 0 Å². The molecule has 0 radical (unpaired) electrons. The minimum absolute atomic E-state index is 0.191. The molecule has 92 valence electrons. The van der Waals surface area contributed by atoms with E-state index in [0.29, 0.717) is 5.56 Å². The van der Waals surface area contributed by atoms with E-state index in [9.17, 15) is 0 Å². The maximum atomic E-state index is 8.74. The lowest BCUT2D eigenvalue weighted by Gasteiger charge is -2.04.